The van der Waals surface area contributed by atoms with Crippen LogP contribution in [0, 0.1) is 5.92 Å². The second kappa shape index (κ2) is 12.9. The highest BCUT2D eigenvalue weighted by Gasteiger charge is 2.25. The third kappa shape index (κ3) is 7.73. The first-order valence-corrected chi connectivity index (χ1v) is 12.0. The first kappa shape index (κ1) is 25.5. The van der Waals surface area contributed by atoms with E-state index in [2.05, 4.69) is 15.6 Å². The van der Waals surface area contributed by atoms with Crippen molar-refractivity contribution in [1.82, 2.24) is 15.6 Å². The number of carbonyl (C=O) groups is 3. The van der Waals surface area contributed by atoms with E-state index in [0.717, 1.165) is 35.7 Å². The van der Waals surface area contributed by atoms with Gasteiger partial charge in [-0.25, -0.2) is 0 Å². The molecule has 8 nitrogen and oxygen atoms in total. The zero-order chi connectivity index (χ0) is 24.3. The predicted octanol–water partition coefficient (Wildman–Crippen LogP) is 2.76. The number of fused-ring (bicyclic) bond motifs is 1. The van der Waals surface area contributed by atoms with Gasteiger partial charge < -0.3 is 25.5 Å². The number of hydrogen-bond donors (Lipinski definition) is 4. The van der Waals surface area contributed by atoms with Crippen LogP contribution < -0.4 is 10.6 Å². The number of benzene rings is 1. The van der Waals surface area contributed by atoms with Crippen molar-refractivity contribution in [3.63, 3.8) is 0 Å². The van der Waals surface area contributed by atoms with E-state index in [1.165, 1.54) is 0 Å². The zero-order valence-electron chi connectivity index (χ0n) is 19.7. The van der Waals surface area contributed by atoms with Crippen LogP contribution in [0.1, 0.15) is 51.0 Å². The first-order valence-electron chi connectivity index (χ1n) is 12.0. The number of carbonyl (C=O) groups excluding carboxylic acids is 3. The summed E-state index contributed by atoms with van der Waals surface area (Å²) >= 11 is 0. The molecule has 184 valence electrons. The van der Waals surface area contributed by atoms with Crippen molar-refractivity contribution in [2.45, 2.75) is 64.0 Å². The topological polar surface area (TPSA) is 121 Å². The van der Waals surface area contributed by atoms with Gasteiger partial charge in [-0.15, -0.1) is 0 Å². The average molecular weight is 470 g/mol. The lowest BCUT2D eigenvalue weighted by Crippen LogP contribution is -2.45. The monoisotopic (exact) mass is 469 g/mol. The molecule has 3 atom stereocenters. The smallest absolute Gasteiger partial charge is 0.305 e. The van der Waals surface area contributed by atoms with E-state index in [1.54, 1.807) is 6.92 Å². The Labute approximate surface area is 200 Å². The molecule has 0 aliphatic carbocycles. The molecule has 1 aromatic carbocycles. The normalized spacial score (nSPS) is 21.4. The molecule has 1 aromatic heterocycles. The Bertz CT molecular complexity index is 999. The number of nitrogens with one attached hydrogen (secondary N) is 3. The van der Waals surface area contributed by atoms with Gasteiger partial charge in [0.05, 0.1) is 18.6 Å². The Morgan fingerprint density at radius 1 is 1.24 bits per heavy atom. The zero-order valence-corrected chi connectivity index (χ0v) is 19.7. The van der Waals surface area contributed by atoms with E-state index in [1.807, 2.05) is 42.6 Å². The molecule has 1 aliphatic rings. The Morgan fingerprint density at radius 3 is 2.88 bits per heavy atom. The SMILES string of the molecule is C[C@H](CO)NC(=O)C[C@H]1CC=CCCCCC(=O)OC[C@H](Cc2c[nH]c3ccccc23)NC1=O. The van der Waals surface area contributed by atoms with Crippen molar-refractivity contribution in [2.75, 3.05) is 13.2 Å². The third-order valence-corrected chi connectivity index (χ3v) is 6.01. The predicted molar refractivity (Wildman–Crippen MR) is 130 cm³/mol. The molecule has 1 aliphatic heterocycles. The van der Waals surface area contributed by atoms with Crippen molar-refractivity contribution in [2.24, 2.45) is 5.92 Å². The molecular formula is C26H35N3O5. The number of cyclic esters (lactones) is 1. The van der Waals surface area contributed by atoms with E-state index < -0.39 is 12.0 Å². The number of rotatable bonds is 6. The lowest BCUT2D eigenvalue weighted by molar-refractivity contribution is -0.145. The minimum absolute atomic E-state index is 0.0140. The summed E-state index contributed by atoms with van der Waals surface area (Å²) in [5.74, 6) is -1.37. The highest BCUT2D eigenvalue weighted by Crippen LogP contribution is 2.20. The number of aliphatic hydroxyl groups excluding tert-OH is 1. The van der Waals surface area contributed by atoms with E-state index in [0.29, 0.717) is 19.3 Å². The quantitative estimate of drug-likeness (QED) is 0.383. The van der Waals surface area contributed by atoms with E-state index in [-0.39, 0.29) is 43.5 Å². The van der Waals surface area contributed by atoms with Gasteiger partial charge in [0.1, 0.15) is 6.61 Å². The fourth-order valence-electron chi connectivity index (χ4n) is 4.10. The standard InChI is InChI=1S/C26H35N3O5/c1-18(16-30)28-24(31)14-19-9-5-3-2-4-6-12-25(32)34-17-21(29-26(19)33)13-20-15-27-23-11-8-7-10-22(20)23/h3,5,7-8,10-11,15,18-19,21,27,30H,2,4,6,9,12-14,16-17H2,1H3,(H,28,31)(H,29,33)/t18-,19-,21+/m1/s1. The number of esters is 1. The maximum Gasteiger partial charge on any atom is 0.305 e. The van der Waals surface area contributed by atoms with Crippen molar-refractivity contribution in [3.05, 3.63) is 48.2 Å². The van der Waals surface area contributed by atoms with Crippen LogP contribution in [0.4, 0.5) is 0 Å². The molecule has 8 heteroatoms. The van der Waals surface area contributed by atoms with Crippen LogP contribution in [0.5, 0.6) is 0 Å². The minimum atomic E-state index is -0.564. The largest absolute Gasteiger partial charge is 0.463 e. The summed E-state index contributed by atoms with van der Waals surface area (Å²) in [6.07, 6.45) is 9.54. The van der Waals surface area contributed by atoms with Crippen molar-refractivity contribution < 1.29 is 24.2 Å². The Morgan fingerprint density at radius 2 is 2.06 bits per heavy atom. The van der Waals surface area contributed by atoms with Gasteiger partial charge in [0.2, 0.25) is 11.8 Å². The number of H-pyrrole nitrogens is 1. The molecule has 0 saturated carbocycles. The van der Waals surface area contributed by atoms with Crippen LogP contribution in [-0.4, -0.2) is 53.2 Å². The number of allylic oxidation sites excluding steroid dienone is 2. The fourth-order valence-corrected chi connectivity index (χ4v) is 4.10. The molecule has 0 saturated heterocycles. The van der Waals surface area contributed by atoms with Gasteiger partial charge in [0, 0.05) is 36.0 Å². The molecule has 0 radical (unpaired) electrons. The lowest BCUT2D eigenvalue weighted by Gasteiger charge is -2.23. The van der Waals surface area contributed by atoms with Crippen LogP contribution in [0.3, 0.4) is 0 Å². The summed E-state index contributed by atoms with van der Waals surface area (Å²) in [5.41, 5.74) is 2.02. The molecule has 2 heterocycles. The summed E-state index contributed by atoms with van der Waals surface area (Å²) in [4.78, 5) is 41.1. The second-order valence-corrected chi connectivity index (χ2v) is 8.96. The number of aromatic nitrogens is 1. The van der Waals surface area contributed by atoms with Crippen molar-refractivity contribution >= 4 is 28.7 Å². The first-order chi connectivity index (χ1) is 16.5. The van der Waals surface area contributed by atoms with Gasteiger partial charge in [-0.2, -0.15) is 0 Å². The number of ether oxygens (including phenoxy) is 1. The van der Waals surface area contributed by atoms with Crippen LogP contribution in [-0.2, 0) is 25.5 Å². The summed E-state index contributed by atoms with van der Waals surface area (Å²) in [7, 11) is 0. The van der Waals surface area contributed by atoms with Gasteiger partial charge in [0.15, 0.2) is 0 Å². The molecule has 34 heavy (non-hydrogen) atoms. The van der Waals surface area contributed by atoms with Crippen LogP contribution in [0.15, 0.2) is 42.6 Å². The van der Waals surface area contributed by atoms with E-state index >= 15 is 0 Å². The molecule has 2 amide bonds. The molecule has 4 N–H and O–H groups in total. The van der Waals surface area contributed by atoms with Crippen LogP contribution >= 0.6 is 0 Å². The number of hydrogen-bond acceptors (Lipinski definition) is 5. The fraction of sp³-hybridized carbons (Fsp3) is 0.500. The number of aromatic amines is 1. The van der Waals surface area contributed by atoms with E-state index in [9.17, 15) is 19.5 Å². The average Bonchev–Trinajstić information content (AvgIpc) is 3.23. The summed E-state index contributed by atoms with van der Waals surface area (Å²) in [6, 6.07) is 7.11. The Kier molecular flexibility index (Phi) is 9.70. The second-order valence-electron chi connectivity index (χ2n) is 8.96. The van der Waals surface area contributed by atoms with Gasteiger partial charge >= 0.3 is 5.97 Å². The van der Waals surface area contributed by atoms with Crippen LogP contribution in [0.2, 0.25) is 0 Å². The molecule has 0 bridgehead atoms. The Balaban J connectivity index is 1.77. The minimum Gasteiger partial charge on any atom is -0.463 e. The lowest BCUT2D eigenvalue weighted by atomic mass is 9.97. The molecular weight excluding hydrogens is 434 g/mol. The van der Waals surface area contributed by atoms with Gasteiger partial charge in [0.25, 0.3) is 0 Å². The maximum absolute atomic E-state index is 13.2. The van der Waals surface area contributed by atoms with Gasteiger partial charge in [-0.1, -0.05) is 30.4 Å². The third-order valence-electron chi connectivity index (χ3n) is 6.01. The highest BCUT2D eigenvalue weighted by atomic mass is 16.5. The highest BCUT2D eigenvalue weighted by molar-refractivity contribution is 5.86. The summed E-state index contributed by atoms with van der Waals surface area (Å²) in [6.45, 7) is 1.61. The van der Waals surface area contributed by atoms with Crippen molar-refractivity contribution in [1.29, 1.82) is 0 Å². The Hall–Kier alpha value is -3.13. The van der Waals surface area contributed by atoms with E-state index in [4.69, 9.17) is 4.74 Å². The maximum atomic E-state index is 13.2. The van der Waals surface area contributed by atoms with Crippen molar-refractivity contribution in [3.8, 4) is 0 Å². The summed E-state index contributed by atoms with van der Waals surface area (Å²) in [5, 5.41) is 16.0. The van der Waals surface area contributed by atoms with Crippen LogP contribution in [0.25, 0.3) is 10.9 Å². The molecule has 3 rings (SSSR count). The number of aliphatic hydroxyl groups is 1. The number of amides is 2. The molecule has 0 fully saturated rings. The van der Waals surface area contributed by atoms with Gasteiger partial charge in [-0.3, -0.25) is 14.4 Å². The summed E-state index contributed by atoms with van der Waals surface area (Å²) < 4.78 is 5.50. The molecule has 0 spiro atoms. The molecule has 2 aromatic rings. The molecule has 0 unspecified atom stereocenters. The number of para-hydroxylation sites is 1. The van der Waals surface area contributed by atoms with Gasteiger partial charge in [-0.05, 0) is 50.7 Å².